The van der Waals surface area contributed by atoms with Gasteiger partial charge in [-0.3, -0.25) is 0 Å². The molecule has 0 aliphatic carbocycles. The molecule has 0 radical (unpaired) electrons. The smallest absolute Gasteiger partial charge is 0.693 e. The largest absolute Gasteiger partial charge is 6.00 e. The maximum Gasteiger partial charge on any atom is 6.00 e. The first kappa shape index (κ1) is 1130. The van der Waals surface area contributed by atoms with Crippen LogP contribution in [0.1, 0.15) is 0 Å². The third kappa shape index (κ3) is 474. The van der Waals surface area contributed by atoms with Crippen LogP contribution < -0.4 is 0 Å². The predicted molar refractivity (Wildman–Crippen MR) is 39.0 cm³/mol. The summed E-state index contributed by atoms with van der Waals surface area (Å²) >= 11 is 0. The van der Waals surface area contributed by atoms with Crippen molar-refractivity contribution < 1.29 is 19.5 Å². The molecule has 0 spiro atoms. The zero-order valence-electron chi connectivity index (χ0n) is 4.23. The minimum atomic E-state index is 0. The molecule has 0 aliphatic rings. The molecular formula is H13ClN6Ru. The van der Waals surface area contributed by atoms with E-state index in [9.17, 15) is 0 Å². The van der Waals surface area contributed by atoms with Gasteiger partial charge in [0.05, 0.1) is 0 Å². The second-order valence-electron chi connectivity index (χ2n) is 0. The van der Waals surface area contributed by atoms with Crippen LogP contribution in [0.4, 0.5) is 0 Å². The summed E-state index contributed by atoms with van der Waals surface area (Å²) in [6.07, 6.45) is 0. The van der Waals surface area contributed by atoms with Crippen molar-refractivity contribution >= 4 is 12.4 Å². The molecule has 0 aromatic heterocycles. The van der Waals surface area contributed by atoms with Crippen molar-refractivity contribution in [1.82, 2.24) is 0 Å². The van der Waals surface area contributed by atoms with Crippen LogP contribution in [0.3, 0.4) is 0 Å². The van der Waals surface area contributed by atoms with E-state index in [4.69, 9.17) is 0 Å². The number of hydrogen-bond acceptors (Lipinski definition) is 0. The van der Waals surface area contributed by atoms with Crippen LogP contribution in [0.2, 0.25) is 0 Å². The Morgan fingerprint density at radius 3 is 0.375 bits per heavy atom. The van der Waals surface area contributed by atoms with E-state index in [1.807, 2.05) is 0 Å². The minimum absolute atomic E-state index is 0. The molecule has 8 heavy (non-hydrogen) atoms. The van der Waals surface area contributed by atoms with Gasteiger partial charge in [0, 0.05) is 0 Å². The van der Waals surface area contributed by atoms with Gasteiger partial charge in [0.15, 0.2) is 0 Å². The fourth-order valence-corrected chi connectivity index (χ4v) is 0. The number of hydrogen-bond donors (Lipinski definition) is 0. The fraction of sp³-hybridized carbons (Fsp3) is 0. The standard InChI is InChI=1S/ClH.6H2N.Ru/h1H;6*1H2;/q;6*-1;+6. The first-order valence-corrected chi connectivity index (χ1v) is 0. The number of rotatable bonds is 0. The predicted octanol–water partition coefficient (Wildman–Crippen LogP) is 4.72. The molecule has 0 atom stereocenters. The molecule has 0 aliphatic heterocycles. The van der Waals surface area contributed by atoms with Crippen molar-refractivity contribution in [3.05, 3.63) is 36.9 Å². The minimum Gasteiger partial charge on any atom is -0.693 e. The third-order valence-electron chi connectivity index (χ3n) is 0. The first-order chi connectivity index (χ1) is 0. The van der Waals surface area contributed by atoms with Crippen molar-refractivity contribution in [3.8, 4) is 0 Å². The first-order valence-electron chi connectivity index (χ1n) is 0. The summed E-state index contributed by atoms with van der Waals surface area (Å²) in [5, 5.41) is 0. The van der Waals surface area contributed by atoms with Gasteiger partial charge < -0.3 is 36.9 Å². The third-order valence-corrected chi connectivity index (χ3v) is 0. The number of halogens is 1. The van der Waals surface area contributed by atoms with Gasteiger partial charge >= 0.3 is 19.5 Å². The van der Waals surface area contributed by atoms with Gasteiger partial charge in [0.25, 0.3) is 0 Å². The topological polar surface area (TPSA) is 201 Å². The molecule has 0 saturated heterocycles. The zero-order valence-corrected chi connectivity index (χ0v) is 6.78. The molecule has 0 aromatic rings. The van der Waals surface area contributed by atoms with Gasteiger partial charge in [-0.15, -0.1) is 12.4 Å². The summed E-state index contributed by atoms with van der Waals surface area (Å²) in [6.45, 7) is 0. The van der Waals surface area contributed by atoms with E-state index in [0.29, 0.717) is 0 Å². The van der Waals surface area contributed by atoms with Gasteiger partial charge in [-0.2, -0.15) is 0 Å². The summed E-state index contributed by atoms with van der Waals surface area (Å²) in [4.78, 5) is 0. The van der Waals surface area contributed by atoms with E-state index in [1.165, 1.54) is 0 Å². The van der Waals surface area contributed by atoms with Gasteiger partial charge in [0.1, 0.15) is 0 Å². The Labute approximate surface area is 69.2 Å². The molecule has 8 heteroatoms. The number of nitrogens with two attached hydrogens (primary N) is 6. The van der Waals surface area contributed by atoms with Crippen LogP contribution in [0.15, 0.2) is 0 Å². The average Bonchev–Trinajstić information content (AvgIpc) is 0. The summed E-state index contributed by atoms with van der Waals surface area (Å²) in [7, 11) is 0. The molecular weight excluding hydrogens is 221 g/mol. The Morgan fingerprint density at radius 1 is 0.375 bits per heavy atom. The van der Waals surface area contributed by atoms with E-state index in [2.05, 4.69) is 0 Å². The molecule has 0 unspecified atom stereocenters. The maximum absolute atomic E-state index is 0. The van der Waals surface area contributed by atoms with Crippen molar-refractivity contribution in [2.24, 2.45) is 0 Å². The molecule has 0 fully saturated rings. The van der Waals surface area contributed by atoms with Crippen LogP contribution >= 0.6 is 12.4 Å². The quantitative estimate of drug-likeness (QED) is 0.521. The maximum atomic E-state index is 0. The van der Waals surface area contributed by atoms with E-state index in [0.717, 1.165) is 0 Å². The van der Waals surface area contributed by atoms with Crippen LogP contribution in [0.25, 0.3) is 36.9 Å². The molecule has 0 rings (SSSR count). The molecule has 0 heterocycles. The Morgan fingerprint density at radius 2 is 0.375 bits per heavy atom. The SMILES string of the molecule is Cl.[NH2-].[NH2-].[NH2-].[NH2-].[NH2-].[NH2-].[Ru+6]. The van der Waals surface area contributed by atoms with Gasteiger partial charge in [-0.1, -0.05) is 0 Å². The zero-order chi connectivity index (χ0) is 0. The molecule has 0 aromatic carbocycles. The molecule has 12 N–H and O–H groups in total. The average molecular weight is 234 g/mol. The van der Waals surface area contributed by atoms with Crippen molar-refractivity contribution in [2.45, 2.75) is 0 Å². The van der Waals surface area contributed by atoms with Crippen molar-refractivity contribution in [2.75, 3.05) is 0 Å². The summed E-state index contributed by atoms with van der Waals surface area (Å²) in [5.74, 6) is 0. The van der Waals surface area contributed by atoms with E-state index in [1.54, 1.807) is 0 Å². The molecule has 6 nitrogen and oxygen atoms in total. The monoisotopic (exact) mass is 234 g/mol. The van der Waals surface area contributed by atoms with Crippen molar-refractivity contribution in [1.29, 1.82) is 0 Å². The molecule has 0 amide bonds. The summed E-state index contributed by atoms with van der Waals surface area (Å²) in [6, 6.07) is 0. The van der Waals surface area contributed by atoms with Gasteiger partial charge in [-0.25, -0.2) is 0 Å². The van der Waals surface area contributed by atoms with Crippen molar-refractivity contribution in [3.63, 3.8) is 0 Å². The van der Waals surface area contributed by atoms with Crippen LogP contribution in [0.5, 0.6) is 0 Å². The second kappa shape index (κ2) is 754. The molecule has 58 valence electrons. The summed E-state index contributed by atoms with van der Waals surface area (Å²) in [5.41, 5.74) is 0. The fourth-order valence-electron chi connectivity index (χ4n) is 0. The Balaban J connectivity index is 0. The molecule has 0 bridgehead atoms. The Bertz CT molecular complexity index is 8.49. The normalized spacial score (nSPS) is 0. The van der Waals surface area contributed by atoms with Crippen LogP contribution in [0, 0.1) is 0 Å². The van der Waals surface area contributed by atoms with E-state index in [-0.39, 0.29) is 68.8 Å². The van der Waals surface area contributed by atoms with Gasteiger partial charge in [-0.05, 0) is 0 Å². The van der Waals surface area contributed by atoms with Crippen LogP contribution in [-0.4, -0.2) is 0 Å². The van der Waals surface area contributed by atoms with Gasteiger partial charge in [0.2, 0.25) is 0 Å². The van der Waals surface area contributed by atoms with E-state index < -0.39 is 0 Å². The Hall–Kier alpha value is 0.673. The molecule has 0 saturated carbocycles. The second-order valence-corrected chi connectivity index (χ2v) is 0. The van der Waals surface area contributed by atoms with E-state index >= 15 is 0 Å². The van der Waals surface area contributed by atoms with Crippen LogP contribution in [-0.2, 0) is 19.5 Å². The Kier molecular flexibility index (Phi) is 106000. The summed E-state index contributed by atoms with van der Waals surface area (Å²) < 4.78 is 0.